The molecule has 0 saturated carbocycles. The van der Waals surface area contributed by atoms with Crippen LogP contribution in [0.25, 0.3) is 11.3 Å². The van der Waals surface area contributed by atoms with E-state index in [1.165, 1.54) is 12.1 Å². The fourth-order valence-electron chi connectivity index (χ4n) is 3.92. The van der Waals surface area contributed by atoms with Gasteiger partial charge in [-0.15, -0.1) is 0 Å². The third kappa shape index (κ3) is 3.89. The number of hydrogen-bond acceptors (Lipinski definition) is 5. The first-order valence-corrected chi connectivity index (χ1v) is 10.3. The molecule has 1 atom stereocenters. The number of benzene rings is 3. The molecule has 1 aromatic heterocycles. The summed E-state index contributed by atoms with van der Waals surface area (Å²) in [6.45, 7) is 1.98. The monoisotopic (exact) mass is 437 g/mol. The van der Waals surface area contributed by atoms with Crippen molar-refractivity contribution in [3.8, 4) is 11.3 Å². The maximum Gasteiger partial charge on any atom is 0.269 e. The Labute approximate surface area is 189 Å². The van der Waals surface area contributed by atoms with Gasteiger partial charge in [-0.05, 0) is 36.2 Å². The molecule has 1 aliphatic rings. The van der Waals surface area contributed by atoms with Crippen molar-refractivity contribution < 1.29 is 9.72 Å². The minimum atomic E-state index is -0.769. The van der Waals surface area contributed by atoms with Gasteiger partial charge < -0.3 is 10.3 Å². The molecular weight excluding hydrogens is 418 g/mol. The number of nitrogens with one attached hydrogen (secondary N) is 2. The SMILES string of the molecule is Cc1ccc(C(=Nc2ccc(-c3cnc[nH]3)cc2)C2C(=O)Nc3ccc([N+](=O)[O-])cc32)cc1. The maximum absolute atomic E-state index is 13.0. The van der Waals surface area contributed by atoms with Crippen molar-refractivity contribution in [1.82, 2.24) is 9.97 Å². The van der Waals surface area contributed by atoms with Crippen molar-refractivity contribution in [2.75, 3.05) is 5.32 Å². The first-order chi connectivity index (χ1) is 16.0. The van der Waals surface area contributed by atoms with Crippen LogP contribution in [0.2, 0.25) is 0 Å². The third-order valence-electron chi connectivity index (χ3n) is 5.62. The number of rotatable bonds is 5. The van der Waals surface area contributed by atoms with Gasteiger partial charge in [0, 0.05) is 23.4 Å². The molecule has 33 heavy (non-hydrogen) atoms. The molecule has 2 heterocycles. The third-order valence-corrected chi connectivity index (χ3v) is 5.62. The fourth-order valence-corrected chi connectivity index (χ4v) is 3.92. The lowest BCUT2D eigenvalue weighted by atomic mass is 9.90. The van der Waals surface area contributed by atoms with Crippen LogP contribution in [0.4, 0.5) is 17.1 Å². The number of nitrogens with zero attached hydrogens (tertiary/aromatic N) is 3. The van der Waals surface area contributed by atoms with Crippen LogP contribution in [0.3, 0.4) is 0 Å². The predicted molar refractivity (Wildman–Crippen MR) is 126 cm³/mol. The number of anilines is 1. The highest BCUT2D eigenvalue weighted by molar-refractivity contribution is 6.24. The minimum Gasteiger partial charge on any atom is -0.345 e. The Morgan fingerprint density at radius 1 is 1.06 bits per heavy atom. The largest absolute Gasteiger partial charge is 0.345 e. The van der Waals surface area contributed by atoms with Gasteiger partial charge in [0.25, 0.3) is 5.69 Å². The summed E-state index contributed by atoms with van der Waals surface area (Å²) in [4.78, 5) is 35.9. The van der Waals surface area contributed by atoms with Gasteiger partial charge >= 0.3 is 0 Å². The number of nitro benzene ring substituents is 1. The summed E-state index contributed by atoms with van der Waals surface area (Å²) in [5, 5.41) is 14.2. The van der Waals surface area contributed by atoms with Crippen LogP contribution >= 0.6 is 0 Å². The number of non-ortho nitro benzene ring substituents is 1. The summed E-state index contributed by atoms with van der Waals surface area (Å²) in [6, 6.07) is 19.7. The van der Waals surface area contributed by atoms with Crippen LogP contribution in [0.5, 0.6) is 0 Å². The van der Waals surface area contributed by atoms with Gasteiger partial charge in [0.15, 0.2) is 0 Å². The molecule has 5 rings (SSSR count). The van der Waals surface area contributed by atoms with Crippen molar-refractivity contribution in [2.45, 2.75) is 12.8 Å². The zero-order valence-corrected chi connectivity index (χ0v) is 17.6. The Bertz CT molecular complexity index is 1370. The van der Waals surface area contributed by atoms with Crippen molar-refractivity contribution in [1.29, 1.82) is 0 Å². The number of aliphatic imine (C=N–C) groups is 1. The number of fused-ring (bicyclic) bond motifs is 1. The van der Waals surface area contributed by atoms with Gasteiger partial charge in [-0.2, -0.15) is 0 Å². The highest BCUT2D eigenvalue weighted by Crippen LogP contribution is 2.38. The molecule has 4 aromatic rings. The Balaban J connectivity index is 1.62. The quantitative estimate of drug-likeness (QED) is 0.255. The van der Waals surface area contributed by atoms with Crippen molar-refractivity contribution in [3.05, 3.63) is 106 Å². The lowest BCUT2D eigenvalue weighted by molar-refractivity contribution is -0.384. The summed E-state index contributed by atoms with van der Waals surface area (Å²) in [6.07, 6.45) is 3.36. The highest BCUT2D eigenvalue weighted by atomic mass is 16.6. The molecule has 0 bridgehead atoms. The number of carbonyl (C=O) groups is 1. The average Bonchev–Trinajstić information content (AvgIpc) is 3.46. The molecule has 1 aliphatic heterocycles. The van der Waals surface area contributed by atoms with Crippen molar-refractivity contribution >= 4 is 28.7 Å². The Hall–Kier alpha value is -4.59. The van der Waals surface area contributed by atoms with Gasteiger partial charge in [0.1, 0.15) is 5.92 Å². The molecular formula is C25H19N5O3. The van der Waals surface area contributed by atoms with E-state index < -0.39 is 10.8 Å². The van der Waals surface area contributed by atoms with Crippen LogP contribution in [0.15, 0.2) is 84.2 Å². The molecule has 1 amide bonds. The van der Waals surface area contributed by atoms with E-state index in [-0.39, 0.29) is 11.6 Å². The first-order valence-electron chi connectivity index (χ1n) is 10.3. The maximum atomic E-state index is 13.0. The van der Waals surface area contributed by atoms with Crippen LogP contribution in [-0.4, -0.2) is 26.5 Å². The van der Waals surface area contributed by atoms with Crippen LogP contribution in [-0.2, 0) is 4.79 Å². The van der Waals surface area contributed by atoms with E-state index >= 15 is 0 Å². The number of hydrogen-bond donors (Lipinski definition) is 2. The van der Waals surface area contributed by atoms with E-state index in [1.807, 2.05) is 55.5 Å². The Kier molecular flexibility index (Phi) is 5.02. The van der Waals surface area contributed by atoms with E-state index in [4.69, 9.17) is 4.99 Å². The predicted octanol–water partition coefficient (Wildman–Crippen LogP) is 5.15. The molecule has 8 nitrogen and oxygen atoms in total. The number of aromatic amines is 1. The minimum absolute atomic E-state index is 0.0672. The first kappa shape index (κ1) is 20.3. The topological polar surface area (TPSA) is 113 Å². The van der Waals surface area contributed by atoms with Gasteiger partial charge in [-0.25, -0.2) is 4.98 Å². The van der Waals surface area contributed by atoms with Crippen LogP contribution < -0.4 is 5.32 Å². The fraction of sp³-hybridized carbons (Fsp3) is 0.0800. The molecule has 2 N–H and O–H groups in total. The van der Waals surface area contributed by atoms with Crippen LogP contribution in [0.1, 0.15) is 22.6 Å². The molecule has 0 radical (unpaired) electrons. The smallest absolute Gasteiger partial charge is 0.269 e. The summed E-state index contributed by atoms with van der Waals surface area (Å²) >= 11 is 0. The van der Waals surface area contributed by atoms with Crippen LogP contribution in [0, 0.1) is 17.0 Å². The standard InChI is InChI=1S/C25H19N5O3/c1-15-2-4-17(5-3-15)24(28-18-8-6-16(7-9-18)22-13-26-14-27-22)23-20-12-19(30(32)33)10-11-21(20)29-25(23)31/h2-14,23H,1H3,(H,26,27)(H,29,31). The number of aromatic nitrogens is 2. The number of H-pyrrole nitrogens is 1. The lowest BCUT2D eigenvalue weighted by Gasteiger charge is -2.14. The number of imidazole rings is 1. The second-order valence-corrected chi connectivity index (χ2v) is 7.83. The summed E-state index contributed by atoms with van der Waals surface area (Å²) in [5.74, 6) is -1.03. The Morgan fingerprint density at radius 2 is 1.82 bits per heavy atom. The number of aryl methyl sites for hydroxylation is 1. The Morgan fingerprint density at radius 3 is 2.48 bits per heavy atom. The average molecular weight is 437 g/mol. The van der Waals surface area contributed by atoms with Gasteiger partial charge in [0.05, 0.1) is 34.5 Å². The van der Waals surface area contributed by atoms with E-state index in [0.29, 0.717) is 22.6 Å². The summed E-state index contributed by atoms with van der Waals surface area (Å²) in [5.41, 5.74) is 5.94. The molecule has 1 unspecified atom stereocenters. The van der Waals surface area contributed by atoms with Gasteiger partial charge in [0.2, 0.25) is 5.91 Å². The molecule has 8 heteroatoms. The molecule has 3 aromatic carbocycles. The molecule has 0 spiro atoms. The van der Waals surface area contributed by atoms with Crippen molar-refractivity contribution in [2.24, 2.45) is 4.99 Å². The van der Waals surface area contributed by atoms with E-state index in [1.54, 1.807) is 18.6 Å². The van der Waals surface area contributed by atoms with Gasteiger partial charge in [-0.1, -0.05) is 42.0 Å². The second kappa shape index (κ2) is 8.16. The molecule has 162 valence electrons. The zero-order chi connectivity index (χ0) is 22.9. The summed E-state index contributed by atoms with van der Waals surface area (Å²) in [7, 11) is 0. The van der Waals surface area contributed by atoms with Crippen molar-refractivity contribution in [3.63, 3.8) is 0 Å². The highest BCUT2D eigenvalue weighted by Gasteiger charge is 2.36. The van der Waals surface area contributed by atoms with E-state index in [9.17, 15) is 14.9 Å². The lowest BCUT2D eigenvalue weighted by Crippen LogP contribution is -2.22. The normalized spacial score (nSPS) is 15.2. The summed E-state index contributed by atoms with van der Waals surface area (Å²) < 4.78 is 0. The molecule has 0 fully saturated rings. The molecule has 0 saturated heterocycles. The second-order valence-electron chi connectivity index (χ2n) is 7.83. The number of nitro groups is 1. The zero-order valence-electron chi connectivity index (χ0n) is 17.6. The molecule has 0 aliphatic carbocycles. The number of amides is 1. The van der Waals surface area contributed by atoms with Gasteiger partial charge in [-0.3, -0.25) is 19.9 Å². The van der Waals surface area contributed by atoms with E-state index in [0.717, 1.165) is 22.4 Å². The number of carbonyl (C=O) groups excluding carboxylic acids is 1. The van der Waals surface area contributed by atoms with E-state index in [2.05, 4.69) is 15.3 Å².